The Morgan fingerprint density at radius 3 is 2.74 bits per heavy atom. The summed E-state index contributed by atoms with van der Waals surface area (Å²) in [4.78, 5) is 21.2. The lowest BCUT2D eigenvalue weighted by atomic mass is 9.97. The fourth-order valence-corrected chi connectivity index (χ4v) is 3.85. The largest absolute Gasteiger partial charge is 0.341 e. The van der Waals surface area contributed by atoms with Crippen molar-refractivity contribution in [3.63, 3.8) is 0 Å². The highest BCUT2D eigenvalue weighted by Gasteiger charge is 2.23. The van der Waals surface area contributed by atoms with Gasteiger partial charge in [0.15, 0.2) is 0 Å². The molecule has 3 rings (SSSR count). The Bertz CT molecular complexity index is 745. The van der Waals surface area contributed by atoms with Crippen LogP contribution in [0.3, 0.4) is 0 Å². The van der Waals surface area contributed by atoms with Gasteiger partial charge in [-0.25, -0.2) is 0 Å². The topological polar surface area (TPSA) is 36.4 Å². The Morgan fingerprint density at radius 1 is 1.26 bits per heavy atom. The minimum Gasteiger partial charge on any atom is -0.341 e. The van der Waals surface area contributed by atoms with Crippen LogP contribution in [0.1, 0.15) is 34.5 Å². The number of halogens is 1. The Hall–Kier alpha value is -1.91. The highest BCUT2D eigenvalue weighted by molar-refractivity contribution is 6.30. The van der Waals surface area contributed by atoms with Gasteiger partial charge < -0.3 is 9.80 Å². The Morgan fingerprint density at radius 2 is 2.04 bits per heavy atom. The summed E-state index contributed by atoms with van der Waals surface area (Å²) in [6, 6.07) is 11.9. The number of hydrogen-bond acceptors (Lipinski definition) is 3. The van der Waals surface area contributed by atoms with E-state index in [1.165, 1.54) is 18.4 Å². The van der Waals surface area contributed by atoms with Crippen LogP contribution in [0.4, 0.5) is 0 Å². The van der Waals surface area contributed by atoms with Gasteiger partial charge in [-0.1, -0.05) is 23.7 Å². The fraction of sp³-hybridized carbons (Fsp3) is 0.455. The number of aromatic nitrogens is 1. The number of benzene rings is 1. The molecule has 1 fully saturated rings. The van der Waals surface area contributed by atoms with Crippen molar-refractivity contribution in [2.75, 3.05) is 33.2 Å². The number of piperidine rings is 1. The lowest BCUT2D eigenvalue weighted by Gasteiger charge is -2.34. The first-order valence-corrected chi connectivity index (χ1v) is 10.0. The summed E-state index contributed by atoms with van der Waals surface area (Å²) in [5.41, 5.74) is 2.91. The molecule has 1 unspecified atom stereocenters. The van der Waals surface area contributed by atoms with Gasteiger partial charge in [0.2, 0.25) is 0 Å². The Kier molecular flexibility index (Phi) is 6.86. The second-order valence-electron chi connectivity index (χ2n) is 7.56. The van der Waals surface area contributed by atoms with Gasteiger partial charge in [-0.3, -0.25) is 9.78 Å². The highest BCUT2D eigenvalue weighted by atomic mass is 35.5. The zero-order valence-electron chi connectivity index (χ0n) is 16.2. The van der Waals surface area contributed by atoms with Crippen molar-refractivity contribution in [3.8, 4) is 0 Å². The number of amides is 1. The average Bonchev–Trinajstić information content (AvgIpc) is 2.68. The molecule has 0 aliphatic carbocycles. The Labute approximate surface area is 167 Å². The number of likely N-dealkylation sites (tertiary alicyclic amines) is 1. The van der Waals surface area contributed by atoms with Crippen molar-refractivity contribution in [3.05, 3.63) is 64.4 Å². The monoisotopic (exact) mass is 385 g/mol. The molecular formula is C22H28ClN3O. The van der Waals surface area contributed by atoms with Crippen LogP contribution in [0, 0.1) is 12.8 Å². The number of aryl methyl sites for hydroxylation is 1. The van der Waals surface area contributed by atoms with Crippen LogP contribution in [-0.2, 0) is 6.42 Å². The molecule has 0 spiro atoms. The third-order valence-corrected chi connectivity index (χ3v) is 5.52. The van der Waals surface area contributed by atoms with Crippen LogP contribution in [-0.4, -0.2) is 53.9 Å². The number of carbonyl (C=O) groups excluding carboxylic acids is 1. The van der Waals surface area contributed by atoms with Gasteiger partial charge >= 0.3 is 0 Å². The molecule has 0 N–H and O–H groups in total. The molecule has 1 aromatic carbocycles. The molecule has 4 nitrogen and oxygen atoms in total. The summed E-state index contributed by atoms with van der Waals surface area (Å²) in [5, 5.41) is 0.785. The van der Waals surface area contributed by atoms with Crippen LogP contribution in [0.5, 0.6) is 0 Å². The molecule has 1 aromatic heterocycles. The number of rotatable bonds is 6. The smallest absolute Gasteiger partial charge is 0.255 e. The lowest BCUT2D eigenvalue weighted by molar-refractivity contribution is 0.0730. The molecule has 144 valence electrons. The number of nitrogens with zero attached hydrogens (tertiary/aromatic N) is 3. The summed E-state index contributed by atoms with van der Waals surface area (Å²) in [6.07, 6.45) is 5.09. The van der Waals surface area contributed by atoms with Crippen molar-refractivity contribution >= 4 is 17.5 Å². The van der Waals surface area contributed by atoms with Crippen molar-refractivity contribution in [2.24, 2.45) is 5.92 Å². The number of carbonyl (C=O) groups is 1. The standard InChI is InChI=1S/C22H28ClN3O/c1-17-5-8-20(14-24-17)22(27)25(2)15-19-4-3-12-26(16-19)13-11-18-6-9-21(23)10-7-18/h5-10,14,19H,3-4,11-13,15-16H2,1-2H3. The van der Waals surface area contributed by atoms with E-state index in [4.69, 9.17) is 11.6 Å². The van der Waals surface area contributed by atoms with E-state index in [0.717, 1.165) is 43.3 Å². The molecule has 1 amide bonds. The summed E-state index contributed by atoms with van der Waals surface area (Å²) < 4.78 is 0. The van der Waals surface area contributed by atoms with Crippen molar-refractivity contribution in [2.45, 2.75) is 26.2 Å². The quantitative estimate of drug-likeness (QED) is 0.752. The van der Waals surface area contributed by atoms with Gasteiger partial charge in [-0.2, -0.15) is 0 Å². The first-order chi connectivity index (χ1) is 13.0. The van der Waals surface area contributed by atoms with E-state index in [-0.39, 0.29) is 5.91 Å². The molecule has 0 radical (unpaired) electrons. The third kappa shape index (κ3) is 5.78. The molecule has 0 saturated carbocycles. The summed E-state index contributed by atoms with van der Waals surface area (Å²) in [6.45, 7) is 5.97. The maximum absolute atomic E-state index is 12.6. The lowest BCUT2D eigenvalue weighted by Crippen LogP contribution is -2.42. The first kappa shape index (κ1) is 19.8. The molecule has 2 aromatic rings. The highest BCUT2D eigenvalue weighted by Crippen LogP contribution is 2.19. The van der Waals surface area contributed by atoms with Crippen molar-refractivity contribution in [1.82, 2.24) is 14.8 Å². The molecule has 1 saturated heterocycles. The van der Waals surface area contributed by atoms with E-state index < -0.39 is 0 Å². The van der Waals surface area contributed by atoms with E-state index in [1.807, 2.05) is 43.1 Å². The predicted octanol–water partition coefficient (Wildman–Crippen LogP) is 4.07. The summed E-state index contributed by atoms with van der Waals surface area (Å²) in [7, 11) is 1.90. The van der Waals surface area contributed by atoms with Gasteiger partial charge in [-0.05, 0) is 68.5 Å². The van der Waals surface area contributed by atoms with Gasteiger partial charge in [0.1, 0.15) is 0 Å². The van der Waals surface area contributed by atoms with Gasteiger partial charge in [0.25, 0.3) is 5.91 Å². The van der Waals surface area contributed by atoms with Crippen LogP contribution in [0.25, 0.3) is 0 Å². The second-order valence-corrected chi connectivity index (χ2v) is 8.00. The van der Waals surface area contributed by atoms with Crippen molar-refractivity contribution < 1.29 is 4.79 Å². The summed E-state index contributed by atoms with van der Waals surface area (Å²) >= 11 is 5.96. The minimum atomic E-state index is 0.0563. The first-order valence-electron chi connectivity index (χ1n) is 9.66. The molecule has 5 heteroatoms. The molecule has 1 aliphatic rings. The van der Waals surface area contributed by atoms with Gasteiger partial charge in [0.05, 0.1) is 5.56 Å². The van der Waals surface area contributed by atoms with E-state index in [1.54, 1.807) is 6.20 Å². The maximum Gasteiger partial charge on any atom is 0.255 e. The zero-order valence-corrected chi connectivity index (χ0v) is 17.0. The predicted molar refractivity (Wildman–Crippen MR) is 110 cm³/mol. The molecular weight excluding hydrogens is 358 g/mol. The molecule has 1 aliphatic heterocycles. The van der Waals surface area contributed by atoms with Gasteiger partial charge in [0, 0.05) is 43.6 Å². The van der Waals surface area contributed by atoms with E-state index >= 15 is 0 Å². The van der Waals surface area contributed by atoms with Crippen LogP contribution in [0.15, 0.2) is 42.6 Å². The molecule has 0 bridgehead atoms. The van der Waals surface area contributed by atoms with Gasteiger partial charge in [-0.15, -0.1) is 0 Å². The van der Waals surface area contributed by atoms with Crippen LogP contribution < -0.4 is 0 Å². The third-order valence-electron chi connectivity index (χ3n) is 5.27. The summed E-state index contributed by atoms with van der Waals surface area (Å²) in [5.74, 6) is 0.581. The van der Waals surface area contributed by atoms with E-state index in [2.05, 4.69) is 22.0 Å². The van der Waals surface area contributed by atoms with Crippen LogP contribution in [0.2, 0.25) is 5.02 Å². The maximum atomic E-state index is 12.6. The minimum absolute atomic E-state index is 0.0563. The Balaban J connectivity index is 1.49. The molecule has 1 atom stereocenters. The molecule has 2 heterocycles. The van der Waals surface area contributed by atoms with Crippen molar-refractivity contribution in [1.29, 1.82) is 0 Å². The number of hydrogen-bond donors (Lipinski definition) is 0. The second kappa shape index (κ2) is 9.34. The van der Waals surface area contributed by atoms with Crippen LogP contribution >= 0.6 is 11.6 Å². The average molecular weight is 386 g/mol. The molecule has 27 heavy (non-hydrogen) atoms. The number of pyridine rings is 1. The SMILES string of the molecule is Cc1ccc(C(=O)N(C)CC2CCCN(CCc3ccc(Cl)cc3)C2)cn1. The normalized spacial score (nSPS) is 17.7. The van der Waals surface area contributed by atoms with E-state index in [0.29, 0.717) is 11.5 Å². The zero-order chi connectivity index (χ0) is 19.2. The van der Waals surface area contributed by atoms with E-state index in [9.17, 15) is 4.79 Å². The fourth-order valence-electron chi connectivity index (χ4n) is 3.73.